The minimum Gasteiger partial charge on any atom is -0.454 e. The number of benzene rings is 11. The highest BCUT2D eigenvalue weighted by Gasteiger charge is 2.21. The average molecular weight is 778 g/mol. The molecule has 0 atom stereocenters. The largest absolute Gasteiger partial charge is 0.454 e. The van der Waals surface area contributed by atoms with Crippen molar-refractivity contribution in [3.8, 4) is 33.4 Å². The molecule has 12 rings (SSSR count). The molecule has 2 heteroatoms. The number of hydrogen-bond donors (Lipinski definition) is 0. The highest BCUT2D eigenvalue weighted by Crippen LogP contribution is 2.45. The summed E-state index contributed by atoms with van der Waals surface area (Å²) in [6, 6.07) is 79.3. The van der Waals surface area contributed by atoms with Crippen LogP contribution >= 0.6 is 0 Å². The molecule has 0 bridgehead atoms. The fraction of sp³-hybridized carbons (Fsp3) is 0.0169. The van der Waals surface area contributed by atoms with Gasteiger partial charge in [0.2, 0.25) is 0 Å². The van der Waals surface area contributed by atoms with Crippen molar-refractivity contribution < 1.29 is 4.42 Å². The molecule has 0 unspecified atom stereocenters. The van der Waals surface area contributed by atoms with Gasteiger partial charge >= 0.3 is 0 Å². The van der Waals surface area contributed by atoms with E-state index >= 15 is 0 Å². The SMILES string of the molecule is Cc1cc2ccccc2c2c1oc1c(N(c3ccc(-c4ccc5cc(-c6ccc7ccccc7c6)ccc5c4)cc3)c3ccc(-c4cccc5ccccc45)cc3)cccc12. The first-order valence-corrected chi connectivity index (χ1v) is 21.0. The Labute approximate surface area is 354 Å². The molecule has 11 aromatic carbocycles. The van der Waals surface area contributed by atoms with Gasteiger partial charge in [0.15, 0.2) is 5.58 Å². The minimum atomic E-state index is 0.872. The Morgan fingerprint density at radius 3 is 1.52 bits per heavy atom. The molecule has 286 valence electrons. The molecule has 1 heterocycles. The molecular weight excluding hydrogens is 739 g/mol. The molecule has 0 amide bonds. The number of aryl methyl sites for hydroxylation is 1. The minimum absolute atomic E-state index is 0.872. The molecule has 0 fully saturated rings. The van der Waals surface area contributed by atoms with Crippen LogP contribution in [0.15, 0.2) is 223 Å². The Bertz CT molecular complexity index is 3650. The van der Waals surface area contributed by atoms with E-state index in [-0.39, 0.29) is 0 Å². The molecule has 61 heavy (non-hydrogen) atoms. The third-order valence-electron chi connectivity index (χ3n) is 12.5. The van der Waals surface area contributed by atoms with Gasteiger partial charge in [0.1, 0.15) is 5.58 Å². The van der Waals surface area contributed by atoms with Crippen molar-refractivity contribution in [1.29, 1.82) is 0 Å². The maximum Gasteiger partial charge on any atom is 0.159 e. The molecule has 0 aliphatic rings. The number of nitrogens with zero attached hydrogens (tertiary/aromatic N) is 1. The van der Waals surface area contributed by atoms with Crippen molar-refractivity contribution >= 4 is 82.1 Å². The Balaban J connectivity index is 0.955. The molecule has 0 aliphatic heterocycles. The third-order valence-corrected chi connectivity index (χ3v) is 12.5. The maximum atomic E-state index is 6.94. The smallest absolute Gasteiger partial charge is 0.159 e. The van der Waals surface area contributed by atoms with Crippen LogP contribution in [0, 0.1) is 6.92 Å². The van der Waals surface area contributed by atoms with Gasteiger partial charge in [0, 0.05) is 22.1 Å². The number of hydrogen-bond acceptors (Lipinski definition) is 2. The zero-order chi connectivity index (χ0) is 40.4. The van der Waals surface area contributed by atoms with Crippen LogP contribution in [0.1, 0.15) is 5.56 Å². The summed E-state index contributed by atoms with van der Waals surface area (Å²) in [4.78, 5) is 2.34. The maximum absolute atomic E-state index is 6.94. The van der Waals surface area contributed by atoms with E-state index in [1.165, 1.54) is 76.5 Å². The molecule has 0 saturated carbocycles. The van der Waals surface area contributed by atoms with Gasteiger partial charge in [-0.05, 0) is 144 Å². The van der Waals surface area contributed by atoms with Crippen molar-refractivity contribution in [2.45, 2.75) is 6.92 Å². The zero-order valence-corrected chi connectivity index (χ0v) is 33.6. The van der Waals surface area contributed by atoms with Gasteiger partial charge in [-0.25, -0.2) is 0 Å². The van der Waals surface area contributed by atoms with Gasteiger partial charge in [-0.3, -0.25) is 0 Å². The van der Waals surface area contributed by atoms with Crippen LogP contribution in [-0.2, 0) is 0 Å². The highest BCUT2D eigenvalue weighted by atomic mass is 16.3. The molecule has 0 N–H and O–H groups in total. The number of furan rings is 1. The monoisotopic (exact) mass is 777 g/mol. The quantitative estimate of drug-likeness (QED) is 0.167. The second kappa shape index (κ2) is 14.1. The van der Waals surface area contributed by atoms with E-state index < -0.39 is 0 Å². The Hall–Kier alpha value is -7.94. The summed E-state index contributed by atoms with van der Waals surface area (Å²) in [5.41, 5.74) is 13.3. The lowest BCUT2D eigenvalue weighted by Crippen LogP contribution is -2.10. The Kier molecular flexibility index (Phi) is 8.11. The molecule has 2 nitrogen and oxygen atoms in total. The number of anilines is 3. The first-order chi connectivity index (χ1) is 30.1. The van der Waals surface area contributed by atoms with Crippen molar-refractivity contribution in [2.24, 2.45) is 0 Å². The fourth-order valence-electron chi connectivity index (χ4n) is 9.45. The van der Waals surface area contributed by atoms with Crippen LogP contribution in [0.5, 0.6) is 0 Å². The standard InChI is InChI=1S/C59H39NO/c1-38-34-49-13-5-7-16-54(49)57-55-18-9-19-56(59(55)61-58(38)57)60(51-32-28-42(29-33-51)53-17-8-14-41-11-4-6-15-52(41)53)50-30-26-40(27-31-50)44-22-23-47-37-48(25-24-46(47)36-44)45-21-20-39-10-2-3-12-43(39)35-45/h2-37H,1H3. The van der Waals surface area contributed by atoms with Crippen LogP contribution in [0.3, 0.4) is 0 Å². The molecule has 0 saturated heterocycles. The van der Waals surface area contributed by atoms with Crippen LogP contribution in [0.2, 0.25) is 0 Å². The topological polar surface area (TPSA) is 16.4 Å². The van der Waals surface area contributed by atoms with Gasteiger partial charge in [-0.2, -0.15) is 0 Å². The summed E-state index contributed by atoms with van der Waals surface area (Å²) in [6.07, 6.45) is 0. The summed E-state index contributed by atoms with van der Waals surface area (Å²) in [7, 11) is 0. The normalized spacial score (nSPS) is 11.7. The second-order valence-electron chi connectivity index (χ2n) is 16.2. The molecule has 0 radical (unpaired) electrons. The zero-order valence-electron chi connectivity index (χ0n) is 33.6. The van der Waals surface area contributed by atoms with E-state index in [0.717, 1.165) is 44.6 Å². The Morgan fingerprint density at radius 1 is 0.328 bits per heavy atom. The molecule has 1 aromatic heterocycles. The van der Waals surface area contributed by atoms with Crippen LogP contribution in [0.25, 0.3) is 98.4 Å². The van der Waals surface area contributed by atoms with E-state index in [9.17, 15) is 0 Å². The molecular formula is C59H39NO. The summed E-state index contributed by atoms with van der Waals surface area (Å²) in [6.45, 7) is 2.15. The lowest BCUT2D eigenvalue weighted by molar-refractivity contribution is 0.666. The summed E-state index contributed by atoms with van der Waals surface area (Å²) in [5, 5.41) is 12.1. The highest BCUT2D eigenvalue weighted by molar-refractivity contribution is 6.21. The molecule has 12 aromatic rings. The van der Waals surface area contributed by atoms with Crippen molar-refractivity contribution in [3.05, 3.63) is 224 Å². The molecule has 0 spiro atoms. The van der Waals surface area contributed by atoms with Gasteiger partial charge in [-0.1, -0.05) is 164 Å². The number of rotatable bonds is 6. The van der Waals surface area contributed by atoms with Crippen LogP contribution < -0.4 is 4.90 Å². The van der Waals surface area contributed by atoms with Crippen molar-refractivity contribution in [1.82, 2.24) is 0 Å². The van der Waals surface area contributed by atoms with Gasteiger partial charge in [0.05, 0.1) is 5.69 Å². The van der Waals surface area contributed by atoms with Gasteiger partial charge in [0.25, 0.3) is 0 Å². The van der Waals surface area contributed by atoms with E-state index in [2.05, 4.69) is 230 Å². The third kappa shape index (κ3) is 5.95. The van der Waals surface area contributed by atoms with E-state index in [1.54, 1.807) is 0 Å². The first kappa shape index (κ1) is 35.0. The van der Waals surface area contributed by atoms with E-state index in [1.807, 2.05) is 0 Å². The predicted molar refractivity (Wildman–Crippen MR) is 259 cm³/mol. The first-order valence-electron chi connectivity index (χ1n) is 21.0. The second-order valence-corrected chi connectivity index (χ2v) is 16.2. The Morgan fingerprint density at radius 2 is 0.820 bits per heavy atom. The van der Waals surface area contributed by atoms with Gasteiger partial charge in [-0.15, -0.1) is 0 Å². The summed E-state index contributed by atoms with van der Waals surface area (Å²) >= 11 is 0. The summed E-state index contributed by atoms with van der Waals surface area (Å²) in [5.74, 6) is 0. The lowest BCUT2D eigenvalue weighted by Gasteiger charge is -2.26. The van der Waals surface area contributed by atoms with E-state index in [0.29, 0.717) is 0 Å². The fourth-order valence-corrected chi connectivity index (χ4v) is 9.45. The molecule has 0 aliphatic carbocycles. The van der Waals surface area contributed by atoms with Crippen LogP contribution in [0.4, 0.5) is 17.1 Å². The van der Waals surface area contributed by atoms with Crippen molar-refractivity contribution in [2.75, 3.05) is 4.90 Å². The predicted octanol–water partition coefficient (Wildman–Crippen LogP) is 17.0. The lowest BCUT2D eigenvalue weighted by atomic mass is 9.96. The summed E-state index contributed by atoms with van der Waals surface area (Å²) < 4.78 is 6.94. The number of para-hydroxylation sites is 1. The average Bonchev–Trinajstić information content (AvgIpc) is 3.73. The number of fused-ring (bicyclic) bond motifs is 8. The van der Waals surface area contributed by atoms with Crippen molar-refractivity contribution in [3.63, 3.8) is 0 Å². The van der Waals surface area contributed by atoms with Gasteiger partial charge < -0.3 is 9.32 Å². The van der Waals surface area contributed by atoms with Crippen LogP contribution in [-0.4, -0.2) is 0 Å². The van der Waals surface area contributed by atoms with E-state index in [4.69, 9.17) is 4.42 Å².